The average molecular weight is 274 g/mol. The first kappa shape index (κ1) is 14.6. The molecule has 0 radical (unpaired) electrons. The predicted octanol–water partition coefficient (Wildman–Crippen LogP) is 3.06. The summed E-state index contributed by atoms with van der Waals surface area (Å²) in [5.41, 5.74) is 4.83. The van der Waals surface area contributed by atoms with Crippen LogP contribution in [0.2, 0.25) is 0 Å². The number of aryl methyl sites for hydroxylation is 1. The Morgan fingerprint density at radius 3 is 2.60 bits per heavy atom. The largest absolute Gasteiger partial charge is 0.484 e. The first-order valence-electron chi connectivity index (χ1n) is 7.17. The minimum atomic E-state index is -0.211. The molecule has 1 N–H and O–H groups in total. The minimum Gasteiger partial charge on any atom is -0.484 e. The maximum absolute atomic E-state index is 11.6. The fourth-order valence-corrected chi connectivity index (χ4v) is 2.16. The van der Waals surface area contributed by atoms with Crippen molar-refractivity contribution >= 4 is 11.6 Å². The number of hydrazone groups is 1. The van der Waals surface area contributed by atoms with Crippen LogP contribution in [0.4, 0.5) is 0 Å². The minimum absolute atomic E-state index is 0.00373. The summed E-state index contributed by atoms with van der Waals surface area (Å²) in [5.74, 6) is 1.26. The first-order valence-corrected chi connectivity index (χ1v) is 7.17. The summed E-state index contributed by atoms with van der Waals surface area (Å²) < 4.78 is 5.40. The molecule has 0 spiro atoms. The Morgan fingerprint density at radius 2 is 1.95 bits per heavy atom. The summed E-state index contributed by atoms with van der Waals surface area (Å²) in [4.78, 5) is 11.6. The van der Waals surface area contributed by atoms with E-state index in [0.717, 1.165) is 37.3 Å². The molecular weight excluding hydrogens is 252 g/mol. The predicted molar refractivity (Wildman–Crippen MR) is 79.9 cm³/mol. The third kappa shape index (κ3) is 4.68. The lowest BCUT2D eigenvalue weighted by atomic mass is 9.90. The quantitative estimate of drug-likeness (QED) is 0.858. The van der Waals surface area contributed by atoms with Gasteiger partial charge in [0.1, 0.15) is 5.75 Å². The van der Waals surface area contributed by atoms with E-state index in [1.807, 2.05) is 31.2 Å². The monoisotopic (exact) mass is 274 g/mol. The maximum atomic E-state index is 11.6. The lowest BCUT2D eigenvalue weighted by Gasteiger charge is -2.18. The van der Waals surface area contributed by atoms with Gasteiger partial charge in [-0.2, -0.15) is 5.10 Å². The molecule has 0 bridgehead atoms. The van der Waals surface area contributed by atoms with Gasteiger partial charge in [-0.1, -0.05) is 24.6 Å². The Bertz CT molecular complexity index is 470. The van der Waals surface area contributed by atoms with E-state index >= 15 is 0 Å². The van der Waals surface area contributed by atoms with Crippen molar-refractivity contribution in [3.63, 3.8) is 0 Å². The molecule has 1 aromatic carbocycles. The lowest BCUT2D eigenvalue weighted by Crippen LogP contribution is -2.26. The molecule has 0 aliphatic heterocycles. The first-order chi connectivity index (χ1) is 9.63. The molecule has 0 heterocycles. The average Bonchev–Trinajstić information content (AvgIpc) is 2.46. The van der Waals surface area contributed by atoms with Gasteiger partial charge >= 0.3 is 0 Å². The van der Waals surface area contributed by atoms with E-state index in [-0.39, 0.29) is 12.5 Å². The van der Waals surface area contributed by atoms with Gasteiger partial charge in [0.2, 0.25) is 0 Å². The molecular formula is C16H22N2O2. The number of benzene rings is 1. The molecule has 1 saturated carbocycles. The molecule has 2 rings (SSSR count). The van der Waals surface area contributed by atoms with E-state index in [1.165, 1.54) is 5.56 Å². The highest BCUT2D eigenvalue weighted by molar-refractivity contribution is 5.87. The third-order valence-corrected chi connectivity index (χ3v) is 3.58. The highest BCUT2D eigenvalue weighted by Gasteiger charge is 2.13. The van der Waals surface area contributed by atoms with Crippen molar-refractivity contribution < 1.29 is 9.53 Å². The molecule has 1 aliphatic rings. The van der Waals surface area contributed by atoms with Crippen LogP contribution in [0.1, 0.15) is 38.2 Å². The van der Waals surface area contributed by atoms with Gasteiger partial charge < -0.3 is 4.74 Å². The number of carbonyl (C=O) groups excluding carboxylic acids is 1. The molecule has 0 atom stereocenters. The van der Waals surface area contributed by atoms with Gasteiger partial charge in [0.25, 0.3) is 5.91 Å². The van der Waals surface area contributed by atoms with Crippen LogP contribution in [0.5, 0.6) is 5.75 Å². The van der Waals surface area contributed by atoms with Crippen LogP contribution in [0.15, 0.2) is 29.4 Å². The van der Waals surface area contributed by atoms with E-state index in [0.29, 0.717) is 5.75 Å². The van der Waals surface area contributed by atoms with Crippen LogP contribution in [-0.2, 0) is 4.79 Å². The molecule has 4 nitrogen and oxygen atoms in total. The van der Waals surface area contributed by atoms with Crippen molar-refractivity contribution in [2.45, 2.75) is 39.5 Å². The normalized spacial score (nSPS) is 18.5. The Labute approximate surface area is 120 Å². The molecule has 20 heavy (non-hydrogen) atoms. The van der Waals surface area contributed by atoms with Crippen LogP contribution >= 0.6 is 0 Å². The molecule has 108 valence electrons. The van der Waals surface area contributed by atoms with Gasteiger partial charge in [0.15, 0.2) is 6.61 Å². The van der Waals surface area contributed by atoms with E-state index in [1.54, 1.807) is 0 Å². The summed E-state index contributed by atoms with van der Waals surface area (Å²) in [7, 11) is 0. The summed E-state index contributed by atoms with van der Waals surface area (Å²) in [6.07, 6.45) is 4.30. The smallest absolute Gasteiger partial charge is 0.277 e. The number of hydrogen-bond acceptors (Lipinski definition) is 3. The highest BCUT2D eigenvalue weighted by Crippen LogP contribution is 2.20. The zero-order chi connectivity index (χ0) is 14.4. The fourth-order valence-electron chi connectivity index (χ4n) is 2.16. The van der Waals surface area contributed by atoms with Crippen molar-refractivity contribution in [2.24, 2.45) is 11.0 Å². The van der Waals surface area contributed by atoms with Crippen molar-refractivity contribution in [1.82, 2.24) is 5.43 Å². The van der Waals surface area contributed by atoms with Crippen LogP contribution in [0.25, 0.3) is 0 Å². The Hall–Kier alpha value is -1.84. The second-order valence-electron chi connectivity index (χ2n) is 5.50. The van der Waals surface area contributed by atoms with Crippen molar-refractivity contribution in [3.8, 4) is 5.75 Å². The Kier molecular flexibility index (Phi) is 5.16. The Morgan fingerprint density at radius 1 is 1.30 bits per heavy atom. The summed E-state index contributed by atoms with van der Waals surface area (Å²) in [5, 5.41) is 4.18. The summed E-state index contributed by atoms with van der Waals surface area (Å²) in [6.45, 7) is 4.26. The van der Waals surface area contributed by atoms with Gasteiger partial charge in [-0.25, -0.2) is 5.43 Å². The number of hydrogen-bond donors (Lipinski definition) is 1. The molecule has 1 fully saturated rings. The van der Waals surface area contributed by atoms with Crippen molar-refractivity contribution in [2.75, 3.05) is 6.61 Å². The van der Waals surface area contributed by atoms with Crippen molar-refractivity contribution in [3.05, 3.63) is 29.8 Å². The topological polar surface area (TPSA) is 50.7 Å². The number of amides is 1. The number of rotatable bonds is 4. The number of nitrogens with one attached hydrogen (secondary N) is 1. The fraction of sp³-hybridized carbons (Fsp3) is 0.500. The lowest BCUT2D eigenvalue weighted by molar-refractivity contribution is -0.123. The van der Waals surface area contributed by atoms with Crippen LogP contribution in [0, 0.1) is 12.8 Å². The maximum Gasteiger partial charge on any atom is 0.277 e. The van der Waals surface area contributed by atoms with Gasteiger partial charge in [0.05, 0.1) is 0 Å². The standard InChI is InChI=1S/C16H22N2O2/c1-12-3-7-14(8-4-12)17-18-16(19)11-20-15-9-5-13(2)6-10-15/h5-6,9-10,12H,3-4,7-8,11H2,1-2H3,(H,18,19). The second-order valence-corrected chi connectivity index (χ2v) is 5.50. The molecule has 4 heteroatoms. The van der Waals surface area contributed by atoms with Crippen LogP contribution in [-0.4, -0.2) is 18.2 Å². The zero-order valence-electron chi connectivity index (χ0n) is 12.2. The molecule has 0 saturated heterocycles. The molecule has 0 aromatic heterocycles. The van der Waals surface area contributed by atoms with Crippen LogP contribution in [0.3, 0.4) is 0 Å². The third-order valence-electron chi connectivity index (χ3n) is 3.58. The second kappa shape index (κ2) is 7.08. The Balaban J connectivity index is 1.73. The SMILES string of the molecule is Cc1ccc(OCC(=O)NN=C2CCC(C)CC2)cc1. The van der Waals surface area contributed by atoms with Gasteiger partial charge in [-0.3, -0.25) is 4.79 Å². The zero-order valence-corrected chi connectivity index (χ0v) is 12.2. The van der Waals surface area contributed by atoms with E-state index < -0.39 is 0 Å². The molecule has 1 aliphatic carbocycles. The van der Waals surface area contributed by atoms with E-state index in [9.17, 15) is 4.79 Å². The van der Waals surface area contributed by atoms with Crippen molar-refractivity contribution in [1.29, 1.82) is 0 Å². The number of ether oxygens (including phenoxy) is 1. The molecule has 1 amide bonds. The molecule has 0 unspecified atom stereocenters. The molecule has 1 aromatic rings. The number of nitrogens with zero attached hydrogens (tertiary/aromatic N) is 1. The summed E-state index contributed by atoms with van der Waals surface area (Å²) in [6, 6.07) is 7.63. The van der Waals surface area contributed by atoms with Gasteiger partial charge in [0, 0.05) is 5.71 Å². The van der Waals surface area contributed by atoms with Gasteiger partial charge in [-0.05, 0) is 50.7 Å². The van der Waals surface area contributed by atoms with Crippen LogP contribution < -0.4 is 10.2 Å². The van der Waals surface area contributed by atoms with E-state index in [2.05, 4.69) is 17.5 Å². The number of carbonyl (C=O) groups is 1. The van der Waals surface area contributed by atoms with Gasteiger partial charge in [-0.15, -0.1) is 0 Å². The summed E-state index contributed by atoms with van der Waals surface area (Å²) >= 11 is 0. The van der Waals surface area contributed by atoms with E-state index in [4.69, 9.17) is 4.74 Å². The highest BCUT2D eigenvalue weighted by atomic mass is 16.5.